The molecule has 0 radical (unpaired) electrons. The predicted molar refractivity (Wildman–Crippen MR) is 126 cm³/mol. The number of morpholine rings is 1. The van der Waals surface area contributed by atoms with Gasteiger partial charge < -0.3 is 24.5 Å². The Morgan fingerprint density at radius 3 is 2.59 bits per heavy atom. The fourth-order valence-electron chi connectivity index (χ4n) is 3.93. The molecule has 0 bridgehead atoms. The van der Waals surface area contributed by atoms with E-state index in [1.165, 1.54) is 5.69 Å². The number of fused-ring (bicyclic) bond motifs is 1. The van der Waals surface area contributed by atoms with Crippen LogP contribution in [-0.2, 0) is 10.3 Å². The third kappa shape index (κ3) is 4.17. The van der Waals surface area contributed by atoms with E-state index >= 15 is 0 Å². The Balaban J connectivity index is 1.46. The standard InChI is InChI=1S/C25H27N5O2/c1-25(2,31)19-5-3-4-18(16-19)22-17-30-11-10-26-24(30)23(28-22)27-20-6-8-21(9-7-20)29-12-14-32-15-13-29/h3-11,16-17,31H,12-15H2,1-2H3,(H,27,28). The Morgan fingerprint density at radius 1 is 1.06 bits per heavy atom. The maximum absolute atomic E-state index is 10.4. The highest BCUT2D eigenvalue weighted by molar-refractivity contribution is 5.74. The minimum Gasteiger partial charge on any atom is -0.386 e. The zero-order chi connectivity index (χ0) is 22.1. The summed E-state index contributed by atoms with van der Waals surface area (Å²) in [6.07, 6.45) is 5.63. The Morgan fingerprint density at radius 2 is 1.84 bits per heavy atom. The summed E-state index contributed by atoms with van der Waals surface area (Å²) >= 11 is 0. The molecule has 1 fully saturated rings. The highest BCUT2D eigenvalue weighted by atomic mass is 16.5. The lowest BCUT2D eigenvalue weighted by molar-refractivity contribution is 0.0786. The Hall–Kier alpha value is -3.42. The first-order chi connectivity index (χ1) is 15.5. The summed E-state index contributed by atoms with van der Waals surface area (Å²) in [5.74, 6) is 0.681. The summed E-state index contributed by atoms with van der Waals surface area (Å²) < 4.78 is 7.41. The average Bonchev–Trinajstić information content (AvgIpc) is 3.29. The summed E-state index contributed by atoms with van der Waals surface area (Å²) in [5, 5.41) is 13.8. The number of nitrogens with zero attached hydrogens (tertiary/aromatic N) is 4. The van der Waals surface area contributed by atoms with Gasteiger partial charge in [-0.2, -0.15) is 0 Å². The van der Waals surface area contributed by atoms with Crippen LogP contribution in [0.5, 0.6) is 0 Å². The number of aliphatic hydroxyl groups is 1. The molecule has 0 amide bonds. The van der Waals surface area contributed by atoms with E-state index in [0.717, 1.165) is 54.5 Å². The molecule has 4 aromatic rings. The van der Waals surface area contributed by atoms with Crippen molar-refractivity contribution in [3.8, 4) is 11.3 Å². The highest BCUT2D eigenvalue weighted by Gasteiger charge is 2.17. The molecule has 3 heterocycles. The van der Waals surface area contributed by atoms with Crippen LogP contribution in [0, 0.1) is 0 Å². The van der Waals surface area contributed by atoms with E-state index in [9.17, 15) is 5.11 Å². The molecule has 7 heteroatoms. The number of anilines is 3. The highest BCUT2D eigenvalue weighted by Crippen LogP contribution is 2.28. The number of ether oxygens (including phenoxy) is 1. The van der Waals surface area contributed by atoms with E-state index in [1.807, 2.05) is 41.1 Å². The van der Waals surface area contributed by atoms with Crippen LogP contribution in [0.2, 0.25) is 0 Å². The zero-order valence-corrected chi connectivity index (χ0v) is 18.3. The van der Waals surface area contributed by atoms with E-state index < -0.39 is 5.60 Å². The predicted octanol–water partition coefficient (Wildman–Crippen LogP) is 4.20. The zero-order valence-electron chi connectivity index (χ0n) is 18.3. The smallest absolute Gasteiger partial charge is 0.180 e. The van der Waals surface area contributed by atoms with Crippen molar-refractivity contribution in [2.75, 3.05) is 36.5 Å². The Kier molecular flexibility index (Phi) is 5.28. The van der Waals surface area contributed by atoms with Crippen molar-refractivity contribution in [1.82, 2.24) is 14.4 Å². The van der Waals surface area contributed by atoms with E-state index in [2.05, 4.69) is 39.5 Å². The van der Waals surface area contributed by atoms with Crippen LogP contribution in [0.4, 0.5) is 17.2 Å². The minimum absolute atomic E-state index is 0.681. The molecule has 0 spiro atoms. The van der Waals surface area contributed by atoms with Crippen LogP contribution >= 0.6 is 0 Å². The number of rotatable bonds is 5. The van der Waals surface area contributed by atoms with E-state index in [4.69, 9.17) is 9.72 Å². The number of benzene rings is 2. The lowest BCUT2D eigenvalue weighted by atomic mass is 9.96. The van der Waals surface area contributed by atoms with E-state index in [1.54, 1.807) is 20.0 Å². The number of imidazole rings is 1. The van der Waals surface area contributed by atoms with Gasteiger partial charge in [-0.3, -0.25) is 0 Å². The summed E-state index contributed by atoms with van der Waals surface area (Å²) in [6.45, 7) is 6.92. The van der Waals surface area contributed by atoms with Crippen molar-refractivity contribution in [3.63, 3.8) is 0 Å². The molecule has 1 saturated heterocycles. The van der Waals surface area contributed by atoms with Crippen molar-refractivity contribution < 1.29 is 9.84 Å². The Labute approximate surface area is 187 Å². The second-order valence-corrected chi connectivity index (χ2v) is 8.54. The molecule has 0 unspecified atom stereocenters. The van der Waals surface area contributed by atoms with Gasteiger partial charge in [-0.05, 0) is 49.7 Å². The lowest BCUT2D eigenvalue weighted by Gasteiger charge is -2.28. The molecule has 164 valence electrons. The molecule has 1 aliphatic heterocycles. The summed E-state index contributed by atoms with van der Waals surface area (Å²) in [5.41, 5.74) is 4.55. The molecule has 0 saturated carbocycles. The van der Waals surface area contributed by atoms with Gasteiger partial charge in [0.25, 0.3) is 0 Å². The van der Waals surface area contributed by atoms with Gasteiger partial charge >= 0.3 is 0 Å². The molecule has 2 aromatic heterocycles. The fourth-order valence-corrected chi connectivity index (χ4v) is 3.93. The molecule has 2 N–H and O–H groups in total. The van der Waals surface area contributed by atoms with Gasteiger partial charge in [0.05, 0.1) is 24.5 Å². The van der Waals surface area contributed by atoms with E-state index in [0.29, 0.717) is 5.82 Å². The first-order valence-electron chi connectivity index (χ1n) is 10.8. The lowest BCUT2D eigenvalue weighted by Crippen LogP contribution is -2.36. The fraction of sp³-hybridized carbons (Fsp3) is 0.280. The minimum atomic E-state index is -0.918. The molecular formula is C25H27N5O2. The summed E-state index contributed by atoms with van der Waals surface area (Å²) in [4.78, 5) is 11.7. The maximum Gasteiger partial charge on any atom is 0.180 e. The molecule has 32 heavy (non-hydrogen) atoms. The van der Waals surface area contributed by atoms with Gasteiger partial charge in [-0.25, -0.2) is 9.97 Å². The molecule has 1 aliphatic rings. The summed E-state index contributed by atoms with van der Waals surface area (Å²) in [6, 6.07) is 16.2. The van der Waals surface area contributed by atoms with Crippen molar-refractivity contribution in [3.05, 3.63) is 72.7 Å². The van der Waals surface area contributed by atoms with E-state index in [-0.39, 0.29) is 0 Å². The van der Waals surface area contributed by atoms with Crippen molar-refractivity contribution >= 4 is 22.8 Å². The van der Waals surface area contributed by atoms with Crippen LogP contribution in [0.15, 0.2) is 67.1 Å². The van der Waals surface area contributed by atoms with Crippen LogP contribution in [0.25, 0.3) is 16.9 Å². The third-order valence-electron chi connectivity index (χ3n) is 5.75. The third-order valence-corrected chi connectivity index (χ3v) is 5.75. The van der Waals surface area contributed by atoms with Crippen LogP contribution < -0.4 is 10.2 Å². The summed E-state index contributed by atoms with van der Waals surface area (Å²) in [7, 11) is 0. The molecular weight excluding hydrogens is 402 g/mol. The van der Waals surface area contributed by atoms with Gasteiger partial charge in [-0.1, -0.05) is 18.2 Å². The first-order valence-corrected chi connectivity index (χ1v) is 10.8. The molecule has 0 atom stereocenters. The van der Waals surface area contributed by atoms with Gasteiger partial charge in [0, 0.05) is 48.6 Å². The van der Waals surface area contributed by atoms with Gasteiger partial charge in [-0.15, -0.1) is 0 Å². The first kappa shape index (κ1) is 20.5. The normalized spacial score (nSPS) is 14.7. The van der Waals surface area contributed by atoms with Gasteiger partial charge in [0.15, 0.2) is 11.5 Å². The largest absolute Gasteiger partial charge is 0.386 e. The number of hydrogen-bond donors (Lipinski definition) is 2. The average molecular weight is 430 g/mol. The number of aromatic nitrogens is 3. The van der Waals surface area contributed by atoms with Crippen molar-refractivity contribution in [2.45, 2.75) is 19.4 Å². The van der Waals surface area contributed by atoms with Crippen LogP contribution in [-0.4, -0.2) is 45.8 Å². The van der Waals surface area contributed by atoms with Crippen molar-refractivity contribution in [2.24, 2.45) is 0 Å². The number of nitrogens with one attached hydrogen (secondary N) is 1. The maximum atomic E-state index is 10.4. The second kappa shape index (κ2) is 8.26. The van der Waals surface area contributed by atoms with Crippen molar-refractivity contribution in [1.29, 1.82) is 0 Å². The SMILES string of the molecule is CC(C)(O)c1cccc(-c2cn3ccnc3c(Nc3ccc(N4CCOCC4)cc3)n2)c1. The topological polar surface area (TPSA) is 74.9 Å². The van der Waals surface area contributed by atoms with Crippen LogP contribution in [0.3, 0.4) is 0 Å². The molecule has 2 aromatic carbocycles. The monoisotopic (exact) mass is 429 g/mol. The molecule has 0 aliphatic carbocycles. The Bertz CT molecular complexity index is 1220. The number of hydrogen-bond acceptors (Lipinski definition) is 6. The molecule has 7 nitrogen and oxygen atoms in total. The van der Waals surface area contributed by atoms with Gasteiger partial charge in [0.1, 0.15) is 0 Å². The van der Waals surface area contributed by atoms with Gasteiger partial charge in [0.2, 0.25) is 0 Å². The van der Waals surface area contributed by atoms with Crippen LogP contribution in [0.1, 0.15) is 19.4 Å². The quantitative estimate of drug-likeness (QED) is 0.495. The molecule has 5 rings (SSSR count). The second-order valence-electron chi connectivity index (χ2n) is 8.54.